The molecular formula is C47H58Cl2Zr. The van der Waals surface area contributed by atoms with Gasteiger partial charge in [0.05, 0.1) is 0 Å². The van der Waals surface area contributed by atoms with E-state index in [0.29, 0.717) is 11.3 Å². The summed E-state index contributed by atoms with van der Waals surface area (Å²) in [6, 6.07) is 24.0. The summed E-state index contributed by atoms with van der Waals surface area (Å²) in [5.41, 5.74) is 15.0. The van der Waals surface area contributed by atoms with E-state index in [4.69, 9.17) is 0 Å². The molecule has 0 heterocycles. The molecule has 0 radical (unpaired) electrons. The maximum atomic E-state index is 2.77. The quantitative estimate of drug-likeness (QED) is 0.240. The van der Waals surface area contributed by atoms with Crippen LogP contribution < -0.4 is 28.1 Å². The molecule has 0 nitrogen and oxygen atoms in total. The van der Waals surface area contributed by atoms with Gasteiger partial charge in [-0.15, -0.1) is 0 Å². The fraction of sp³-hybridized carbons (Fsp3) is 0.511. The van der Waals surface area contributed by atoms with Gasteiger partial charge in [-0.05, 0) is 0 Å². The molecule has 1 unspecified atom stereocenters. The van der Waals surface area contributed by atoms with Crippen molar-refractivity contribution in [2.45, 2.75) is 125 Å². The molecule has 0 spiro atoms. The summed E-state index contributed by atoms with van der Waals surface area (Å²) < 4.78 is 5.36. The smallest absolute Gasteiger partial charge is 1.00 e. The standard InChI is InChI=1S/C21H25.C18H25.C8H8.2ClH.Zr/c1-20(2,3)16-7-9-18-14(12-16)11-15-13-17(21(4,5)6)8-10-19(15)18;1-12-3-13(2)17(4-12)11-18-8-14-5-15(9-18)7-16(6-14)10-18;1-2-8-6-4-3-5-7-8;;;/h7-10,12H,11H2,1-6H3;4,12,14-16H,5-11H2,1-2H3;3-7H,1H3;2*1H;/q;;;;;+2/p-2. The van der Waals surface area contributed by atoms with Gasteiger partial charge in [-0.25, -0.2) is 0 Å². The van der Waals surface area contributed by atoms with E-state index in [1.807, 2.05) is 3.28 Å². The Morgan fingerprint density at radius 3 is 1.96 bits per heavy atom. The van der Waals surface area contributed by atoms with Crippen molar-refractivity contribution in [2.75, 3.05) is 0 Å². The fourth-order valence-corrected chi connectivity index (χ4v) is 21.0. The van der Waals surface area contributed by atoms with Gasteiger partial charge in [0.1, 0.15) is 0 Å². The van der Waals surface area contributed by atoms with Gasteiger partial charge in [0.25, 0.3) is 0 Å². The van der Waals surface area contributed by atoms with E-state index in [1.54, 1.807) is 28.8 Å². The molecule has 6 aliphatic rings. The second kappa shape index (κ2) is 13.7. The Morgan fingerprint density at radius 2 is 1.38 bits per heavy atom. The number of allylic oxidation sites excluding steroid dienone is 4. The number of benzene rings is 3. The minimum atomic E-state index is -2.69. The Bertz CT molecular complexity index is 1860. The van der Waals surface area contributed by atoms with Gasteiger partial charge in [-0.1, -0.05) is 0 Å². The van der Waals surface area contributed by atoms with E-state index in [9.17, 15) is 0 Å². The Balaban J connectivity index is 0.00000216. The molecule has 264 valence electrons. The van der Waals surface area contributed by atoms with Crippen LogP contribution in [0.15, 0.2) is 81.2 Å². The van der Waals surface area contributed by atoms with Crippen molar-refractivity contribution in [1.82, 2.24) is 0 Å². The third-order valence-corrected chi connectivity index (χ3v) is 21.9. The minimum Gasteiger partial charge on any atom is -1.00 e. The van der Waals surface area contributed by atoms with Gasteiger partial charge >= 0.3 is 301 Å². The molecule has 3 aromatic rings. The third kappa shape index (κ3) is 6.62. The zero-order chi connectivity index (χ0) is 33.7. The molecule has 3 heteroatoms. The van der Waals surface area contributed by atoms with Gasteiger partial charge in [-0.2, -0.15) is 0 Å². The molecule has 3 aromatic carbocycles. The van der Waals surface area contributed by atoms with Crippen molar-refractivity contribution in [1.29, 1.82) is 0 Å². The first kappa shape index (κ1) is 38.2. The Morgan fingerprint density at radius 1 is 0.780 bits per heavy atom. The monoisotopic (exact) mass is 782 g/mol. The van der Waals surface area contributed by atoms with Crippen LogP contribution in [0.2, 0.25) is 0 Å². The summed E-state index contributed by atoms with van der Waals surface area (Å²) in [4.78, 5) is 0. The van der Waals surface area contributed by atoms with Crippen molar-refractivity contribution in [2.24, 2.45) is 29.1 Å². The summed E-state index contributed by atoms with van der Waals surface area (Å²) >= 11 is -2.69. The van der Waals surface area contributed by atoms with E-state index in [0.717, 1.165) is 24.2 Å². The van der Waals surface area contributed by atoms with E-state index >= 15 is 0 Å². The van der Waals surface area contributed by atoms with Crippen LogP contribution in [0.1, 0.15) is 135 Å². The Hall–Kier alpha value is -1.53. The largest absolute Gasteiger partial charge is 1.00 e. The maximum absolute atomic E-state index is 2.77. The number of fused-ring (bicyclic) bond motifs is 3. The van der Waals surface area contributed by atoms with Crippen molar-refractivity contribution >= 4 is 6.48 Å². The summed E-state index contributed by atoms with van der Waals surface area (Å²) in [5, 5.41) is 0. The first-order valence-electron chi connectivity index (χ1n) is 19.2. The molecule has 4 bridgehead atoms. The molecular weight excluding hydrogens is 727 g/mol. The molecule has 0 amide bonds. The molecule has 9 rings (SSSR count). The van der Waals surface area contributed by atoms with Crippen molar-refractivity contribution < 1.29 is 46.1 Å². The molecule has 0 N–H and O–H groups in total. The summed E-state index contributed by atoms with van der Waals surface area (Å²) in [7, 11) is 0. The number of halogens is 2. The normalized spacial score (nSPS) is 26.6. The van der Waals surface area contributed by atoms with Crippen molar-refractivity contribution in [3.8, 4) is 11.1 Å². The molecule has 4 fully saturated rings. The van der Waals surface area contributed by atoms with Crippen LogP contribution in [0.25, 0.3) is 11.1 Å². The Kier molecular flexibility index (Phi) is 10.5. The van der Waals surface area contributed by atoms with E-state index in [2.05, 4.69) is 129 Å². The average molecular weight is 785 g/mol. The number of rotatable bonds is 5. The second-order valence-electron chi connectivity index (χ2n) is 19.0. The van der Waals surface area contributed by atoms with Gasteiger partial charge < -0.3 is 24.8 Å². The van der Waals surface area contributed by atoms with Crippen molar-refractivity contribution in [3.63, 3.8) is 0 Å². The van der Waals surface area contributed by atoms with Crippen LogP contribution in [-0.2, 0) is 38.5 Å². The summed E-state index contributed by atoms with van der Waals surface area (Å²) in [6.07, 6.45) is 14.3. The van der Waals surface area contributed by atoms with Crippen LogP contribution >= 0.6 is 0 Å². The Labute approximate surface area is 324 Å². The van der Waals surface area contributed by atoms with E-state index < -0.39 is 21.3 Å². The molecule has 0 saturated heterocycles. The summed E-state index contributed by atoms with van der Waals surface area (Å²) in [6.45, 7) is 22.1. The van der Waals surface area contributed by atoms with Crippen LogP contribution in [0, 0.1) is 29.1 Å². The first-order chi connectivity index (χ1) is 22.7. The molecule has 0 aliphatic heterocycles. The third-order valence-electron chi connectivity index (χ3n) is 13.4. The number of hydrogen-bond acceptors (Lipinski definition) is 0. The first-order valence-corrected chi connectivity index (χ1v) is 22.9. The van der Waals surface area contributed by atoms with Crippen LogP contribution in [-0.4, -0.2) is 3.21 Å². The summed E-state index contributed by atoms with van der Waals surface area (Å²) in [5.74, 6) is 3.57. The van der Waals surface area contributed by atoms with E-state index in [-0.39, 0.29) is 35.6 Å². The average Bonchev–Trinajstić information content (AvgIpc) is 3.51. The number of hydrogen-bond donors (Lipinski definition) is 0. The SMILES string of the molecule is CC1=[C](/[Zr+2](=[C](\C)c2ccccc2)[c]2c(C(C)(C)C)ccc3c2Cc2cc(C(C)(C)C)ccc2-3)C(C)C=C1CC12CC3CC(CC(C3)C1)C2.[Cl-].[Cl-]. The molecule has 6 aliphatic carbocycles. The minimum absolute atomic E-state index is 0. The second-order valence-corrected chi connectivity index (χ2v) is 25.3. The maximum Gasteiger partial charge on any atom is -1.00 e. The van der Waals surface area contributed by atoms with Gasteiger partial charge in [0, 0.05) is 0 Å². The fourth-order valence-electron chi connectivity index (χ4n) is 11.6. The predicted octanol–water partition coefficient (Wildman–Crippen LogP) is 5.80. The topological polar surface area (TPSA) is 0 Å². The van der Waals surface area contributed by atoms with Crippen molar-refractivity contribution in [3.05, 3.63) is 109 Å². The van der Waals surface area contributed by atoms with Crippen LogP contribution in [0.5, 0.6) is 0 Å². The molecule has 4 saturated carbocycles. The zero-order valence-electron chi connectivity index (χ0n) is 32.1. The molecule has 1 atom stereocenters. The molecule has 0 aromatic heterocycles. The van der Waals surface area contributed by atoms with Gasteiger partial charge in [-0.3, -0.25) is 0 Å². The van der Waals surface area contributed by atoms with Gasteiger partial charge in [0.2, 0.25) is 0 Å². The van der Waals surface area contributed by atoms with Crippen LogP contribution in [0.3, 0.4) is 0 Å². The van der Waals surface area contributed by atoms with E-state index in [1.165, 1.54) is 72.8 Å². The molecule has 50 heavy (non-hydrogen) atoms. The van der Waals surface area contributed by atoms with Gasteiger partial charge in [0.15, 0.2) is 0 Å². The predicted molar refractivity (Wildman–Crippen MR) is 203 cm³/mol. The zero-order valence-corrected chi connectivity index (χ0v) is 36.0. The van der Waals surface area contributed by atoms with Crippen LogP contribution in [0.4, 0.5) is 0 Å².